The van der Waals surface area contributed by atoms with Crippen LogP contribution < -0.4 is 0 Å². The molecule has 3 unspecified atom stereocenters. The number of ether oxygens (including phenoxy) is 6. The Morgan fingerprint density at radius 3 is 1.85 bits per heavy atom. The predicted octanol–water partition coefficient (Wildman–Crippen LogP) is -1.04. The molecule has 20 heavy (non-hydrogen) atoms. The van der Waals surface area contributed by atoms with Crippen LogP contribution in [0.4, 0.5) is 0 Å². The minimum atomic E-state index is -0.405. The van der Waals surface area contributed by atoms with Gasteiger partial charge in [0.2, 0.25) is 0 Å². The molecule has 0 saturated carbocycles. The summed E-state index contributed by atoms with van der Waals surface area (Å²) in [5.74, 6) is 0. The van der Waals surface area contributed by atoms with E-state index < -0.39 is 6.10 Å². The third-order valence-corrected chi connectivity index (χ3v) is 3.38. The quantitative estimate of drug-likeness (QED) is 0.460. The van der Waals surface area contributed by atoms with Gasteiger partial charge in [0.05, 0.1) is 52.9 Å². The molecule has 0 bridgehead atoms. The number of aliphatic hydroxyl groups excluding tert-OH is 1. The summed E-state index contributed by atoms with van der Waals surface area (Å²) in [6, 6.07) is 0. The highest BCUT2D eigenvalue weighted by Gasteiger charge is 2.31. The molecule has 3 aliphatic heterocycles. The Hall–Kier alpha value is -0.280. The SMILES string of the molecule is OC[C@H](OCC1CO1)[C@@H](COCC1CO1)OCC1CO1. The van der Waals surface area contributed by atoms with E-state index in [1.165, 1.54) is 0 Å². The molecule has 0 aromatic rings. The molecule has 0 spiro atoms. The maximum atomic E-state index is 9.47. The molecule has 0 radical (unpaired) electrons. The Bertz CT molecular complexity index is 288. The lowest BCUT2D eigenvalue weighted by atomic mass is 10.2. The van der Waals surface area contributed by atoms with E-state index in [4.69, 9.17) is 28.4 Å². The highest BCUT2D eigenvalue weighted by atomic mass is 16.6. The molecule has 5 atom stereocenters. The van der Waals surface area contributed by atoms with E-state index in [2.05, 4.69) is 0 Å². The van der Waals surface area contributed by atoms with Crippen LogP contribution in [0.1, 0.15) is 0 Å². The van der Waals surface area contributed by atoms with E-state index in [-0.39, 0.29) is 31.0 Å². The molecule has 3 heterocycles. The molecule has 7 nitrogen and oxygen atoms in total. The Kier molecular flexibility index (Phi) is 5.22. The first-order valence-corrected chi connectivity index (χ1v) is 7.11. The highest BCUT2D eigenvalue weighted by Crippen LogP contribution is 2.16. The maximum absolute atomic E-state index is 9.47. The maximum Gasteiger partial charge on any atom is 0.109 e. The van der Waals surface area contributed by atoms with E-state index in [1.807, 2.05) is 0 Å². The molecule has 3 saturated heterocycles. The van der Waals surface area contributed by atoms with Crippen molar-refractivity contribution < 1.29 is 33.5 Å². The second kappa shape index (κ2) is 7.13. The largest absolute Gasteiger partial charge is 0.394 e. The molecule has 1 N–H and O–H groups in total. The van der Waals surface area contributed by atoms with Gasteiger partial charge >= 0.3 is 0 Å². The molecular formula is C13H22O7. The highest BCUT2D eigenvalue weighted by molar-refractivity contribution is 4.77. The van der Waals surface area contributed by atoms with E-state index in [1.54, 1.807) is 0 Å². The van der Waals surface area contributed by atoms with Crippen molar-refractivity contribution in [3.63, 3.8) is 0 Å². The standard InChI is InChI=1S/C13H22O7/c14-1-12(19-6-10-4-17-10)13(20-7-11-5-18-11)8-15-2-9-3-16-9/h9-14H,1-8H2/t9?,10?,11?,12-,13+/m0/s1. The van der Waals surface area contributed by atoms with Crippen LogP contribution in [0.15, 0.2) is 0 Å². The Labute approximate surface area is 118 Å². The third-order valence-electron chi connectivity index (χ3n) is 3.38. The van der Waals surface area contributed by atoms with Crippen LogP contribution in [0.3, 0.4) is 0 Å². The van der Waals surface area contributed by atoms with Gasteiger partial charge in [0.1, 0.15) is 30.5 Å². The lowest BCUT2D eigenvalue weighted by Crippen LogP contribution is -2.40. The van der Waals surface area contributed by atoms with Crippen molar-refractivity contribution in [2.45, 2.75) is 30.5 Å². The van der Waals surface area contributed by atoms with Crippen LogP contribution in [0.25, 0.3) is 0 Å². The molecular weight excluding hydrogens is 268 g/mol. The van der Waals surface area contributed by atoms with Crippen LogP contribution in [-0.2, 0) is 28.4 Å². The number of aliphatic hydroxyl groups is 1. The van der Waals surface area contributed by atoms with Crippen LogP contribution >= 0.6 is 0 Å². The molecule has 0 amide bonds. The minimum Gasteiger partial charge on any atom is -0.394 e. The van der Waals surface area contributed by atoms with Crippen molar-refractivity contribution in [2.24, 2.45) is 0 Å². The molecule has 3 aliphatic rings. The van der Waals surface area contributed by atoms with Gasteiger partial charge in [-0.3, -0.25) is 0 Å². The lowest BCUT2D eigenvalue weighted by Gasteiger charge is -2.25. The first-order chi connectivity index (χ1) is 9.85. The predicted molar refractivity (Wildman–Crippen MR) is 66.6 cm³/mol. The Morgan fingerprint density at radius 2 is 1.35 bits per heavy atom. The number of hydrogen-bond acceptors (Lipinski definition) is 7. The summed E-state index contributed by atoms with van der Waals surface area (Å²) in [5, 5.41) is 9.47. The molecule has 116 valence electrons. The summed E-state index contributed by atoms with van der Waals surface area (Å²) in [4.78, 5) is 0. The fourth-order valence-electron chi connectivity index (χ4n) is 1.81. The third kappa shape index (κ3) is 5.25. The summed E-state index contributed by atoms with van der Waals surface area (Å²) in [6.45, 7) is 4.06. The zero-order chi connectivity index (χ0) is 13.8. The van der Waals surface area contributed by atoms with Crippen molar-refractivity contribution in [3.05, 3.63) is 0 Å². The van der Waals surface area contributed by atoms with Gasteiger partial charge in [-0.15, -0.1) is 0 Å². The fraction of sp³-hybridized carbons (Fsp3) is 1.00. The zero-order valence-corrected chi connectivity index (χ0v) is 11.4. The van der Waals surface area contributed by atoms with E-state index in [9.17, 15) is 5.11 Å². The van der Waals surface area contributed by atoms with Gasteiger partial charge in [0.15, 0.2) is 0 Å². The van der Waals surface area contributed by atoms with E-state index >= 15 is 0 Å². The Balaban J connectivity index is 1.40. The van der Waals surface area contributed by atoms with Crippen LogP contribution in [0.5, 0.6) is 0 Å². The van der Waals surface area contributed by atoms with Crippen molar-refractivity contribution in [3.8, 4) is 0 Å². The summed E-state index contributed by atoms with van der Waals surface area (Å²) in [7, 11) is 0. The second-order valence-electron chi connectivity index (χ2n) is 5.33. The van der Waals surface area contributed by atoms with Crippen LogP contribution in [0.2, 0.25) is 0 Å². The first-order valence-electron chi connectivity index (χ1n) is 7.11. The zero-order valence-electron chi connectivity index (χ0n) is 11.4. The lowest BCUT2D eigenvalue weighted by molar-refractivity contribution is -0.123. The molecule has 3 rings (SSSR count). The van der Waals surface area contributed by atoms with Gasteiger partial charge in [-0.05, 0) is 0 Å². The number of epoxide rings is 3. The normalized spacial score (nSPS) is 33.8. The van der Waals surface area contributed by atoms with Gasteiger partial charge in [0.25, 0.3) is 0 Å². The van der Waals surface area contributed by atoms with Gasteiger partial charge in [-0.2, -0.15) is 0 Å². The van der Waals surface area contributed by atoms with Gasteiger partial charge < -0.3 is 33.5 Å². The molecule has 7 heteroatoms. The summed E-state index contributed by atoms with van der Waals surface area (Å²) in [6.07, 6.45) is -0.150. The smallest absolute Gasteiger partial charge is 0.109 e. The van der Waals surface area contributed by atoms with E-state index in [0.29, 0.717) is 26.4 Å². The number of rotatable bonds is 12. The van der Waals surface area contributed by atoms with Crippen LogP contribution in [-0.4, -0.2) is 88.5 Å². The average Bonchev–Trinajstić information content (AvgIpc) is 3.26. The summed E-state index contributed by atoms with van der Waals surface area (Å²) < 4.78 is 32.3. The monoisotopic (exact) mass is 290 g/mol. The fourth-order valence-corrected chi connectivity index (χ4v) is 1.81. The topological polar surface area (TPSA) is 85.5 Å². The van der Waals surface area contributed by atoms with Crippen molar-refractivity contribution >= 4 is 0 Å². The van der Waals surface area contributed by atoms with Crippen molar-refractivity contribution in [2.75, 3.05) is 52.9 Å². The molecule has 0 aliphatic carbocycles. The molecule has 0 aromatic carbocycles. The minimum absolute atomic E-state index is 0.105. The van der Waals surface area contributed by atoms with Crippen LogP contribution in [0, 0.1) is 0 Å². The summed E-state index contributed by atoms with van der Waals surface area (Å²) >= 11 is 0. The first kappa shape index (κ1) is 14.6. The van der Waals surface area contributed by atoms with Crippen molar-refractivity contribution in [1.82, 2.24) is 0 Å². The van der Waals surface area contributed by atoms with E-state index in [0.717, 1.165) is 19.8 Å². The van der Waals surface area contributed by atoms with Gasteiger partial charge in [0, 0.05) is 0 Å². The average molecular weight is 290 g/mol. The molecule has 0 aromatic heterocycles. The number of hydrogen-bond donors (Lipinski definition) is 1. The second-order valence-corrected chi connectivity index (χ2v) is 5.33. The van der Waals surface area contributed by atoms with Gasteiger partial charge in [-0.1, -0.05) is 0 Å². The Morgan fingerprint density at radius 1 is 0.850 bits per heavy atom. The van der Waals surface area contributed by atoms with Gasteiger partial charge in [-0.25, -0.2) is 0 Å². The summed E-state index contributed by atoms with van der Waals surface area (Å²) in [5.41, 5.74) is 0. The van der Waals surface area contributed by atoms with Crippen molar-refractivity contribution in [1.29, 1.82) is 0 Å². The molecule has 3 fully saturated rings.